The number of thiazole rings is 1. The standard InChI is InChI=1S/C18H26N4S.HI/c1-4-15-6-8-16(9-7-15)10-11-20-18(19-5-2)22-13-17-21-12-14(3)23-17;/h6-9,12H,4-5,10-11,13H2,1-3H3,(H2,19,20,22);1H. The van der Waals surface area contributed by atoms with Crippen molar-refractivity contribution in [3.8, 4) is 0 Å². The Bertz CT molecular complexity index is 622. The molecule has 0 fully saturated rings. The number of nitrogens with one attached hydrogen (secondary N) is 2. The Labute approximate surface area is 166 Å². The van der Waals surface area contributed by atoms with Crippen molar-refractivity contribution in [2.24, 2.45) is 4.99 Å². The lowest BCUT2D eigenvalue weighted by Gasteiger charge is -2.11. The summed E-state index contributed by atoms with van der Waals surface area (Å²) in [6.45, 7) is 8.67. The van der Waals surface area contributed by atoms with Crippen LogP contribution >= 0.6 is 35.3 Å². The molecule has 6 heteroatoms. The number of hydrogen-bond donors (Lipinski definition) is 2. The van der Waals surface area contributed by atoms with Crippen molar-refractivity contribution in [2.45, 2.75) is 40.2 Å². The summed E-state index contributed by atoms with van der Waals surface area (Å²) in [5, 5.41) is 7.72. The summed E-state index contributed by atoms with van der Waals surface area (Å²) < 4.78 is 0. The van der Waals surface area contributed by atoms with Crippen molar-refractivity contribution in [1.29, 1.82) is 0 Å². The smallest absolute Gasteiger partial charge is 0.191 e. The van der Waals surface area contributed by atoms with Crippen LogP contribution in [0.4, 0.5) is 0 Å². The van der Waals surface area contributed by atoms with Gasteiger partial charge < -0.3 is 10.6 Å². The fourth-order valence-corrected chi connectivity index (χ4v) is 2.94. The van der Waals surface area contributed by atoms with Gasteiger partial charge in [0.2, 0.25) is 0 Å². The van der Waals surface area contributed by atoms with Crippen LogP contribution < -0.4 is 10.6 Å². The van der Waals surface area contributed by atoms with E-state index in [-0.39, 0.29) is 24.0 Å². The number of guanidine groups is 1. The van der Waals surface area contributed by atoms with Crippen molar-refractivity contribution in [3.05, 3.63) is 51.5 Å². The van der Waals surface area contributed by atoms with Gasteiger partial charge in [-0.15, -0.1) is 35.3 Å². The number of nitrogens with zero attached hydrogens (tertiary/aromatic N) is 2. The van der Waals surface area contributed by atoms with Crippen molar-refractivity contribution >= 4 is 41.3 Å². The van der Waals surface area contributed by atoms with E-state index >= 15 is 0 Å². The largest absolute Gasteiger partial charge is 0.357 e. The Hall–Kier alpha value is -1.15. The molecule has 2 N–H and O–H groups in total. The molecule has 1 heterocycles. The minimum Gasteiger partial charge on any atom is -0.357 e. The number of aliphatic imine (C=N–C) groups is 1. The van der Waals surface area contributed by atoms with Gasteiger partial charge in [0.05, 0.1) is 6.54 Å². The van der Waals surface area contributed by atoms with Crippen LogP contribution in [0.25, 0.3) is 0 Å². The van der Waals surface area contributed by atoms with E-state index in [1.807, 2.05) is 6.20 Å². The van der Waals surface area contributed by atoms with Crippen molar-refractivity contribution < 1.29 is 0 Å². The van der Waals surface area contributed by atoms with Crippen molar-refractivity contribution in [3.63, 3.8) is 0 Å². The molecule has 0 bridgehead atoms. The molecule has 2 rings (SSSR count). The fourth-order valence-electron chi connectivity index (χ4n) is 2.23. The minimum atomic E-state index is 0. The summed E-state index contributed by atoms with van der Waals surface area (Å²) in [5.74, 6) is 0.852. The molecule has 0 aliphatic carbocycles. The number of aryl methyl sites for hydroxylation is 2. The molecular weight excluding hydrogens is 431 g/mol. The maximum Gasteiger partial charge on any atom is 0.191 e. The third kappa shape index (κ3) is 7.17. The monoisotopic (exact) mass is 458 g/mol. The van der Waals surface area contributed by atoms with E-state index in [9.17, 15) is 0 Å². The SMILES string of the molecule is CCNC(=NCc1ncc(C)s1)NCCc1ccc(CC)cc1.I. The van der Waals surface area contributed by atoms with Gasteiger partial charge >= 0.3 is 0 Å². The predicted octanol–water partition coefficient (Wildman–Crippen LogP) is 3.93. The molecule has 132 valence electrons. The second-order valence-corrected chi connectivity index (χ2v) is 6.73. The molecule has 0 radical (unpaired) electrons. The zero-order chi connectivity index (χ0) is 16.5. The van der Waals surface area contributed by atoms with E-state index in [0.717, 1.165) is 36.9 Å². The van der Waals surface area contributed by atoms with Crippen LogP contribution in [0.1, 0.15) is 34.9 Å². The van der Waals surface area contributed by atoms with Crippen molar-refractivity contribution in [2.75, 3.05) is 13.1 Å². The number of halogens is 1. The molecule has 4 nitrogen and oxygen atoms in total. The maximum atomic E-state index is 4.60. The Morgan fingerprint density at radius 1 is 1.12 bits per heavy atom. The summed E-state index contributed by atoms with van der Waals surface area (Å²) in [6, 6.07) is 8.84. The molecule has 0 amide bonds. The molecular formula is C18H27IN4S. The summed E-state index contributed by atoms with van der Waals surface area (Å²) in [7, 11) is 0. The number of hydrogen-bond acceptors (Lipinski definition) is 3. The van der Waals surface area contributed by atoms with Crippen LogP contribution in [0.2, 0.25) is 0 Å². The summed E-state index contributed by atoms with van der Waals surface area (Å²) in [4.78, 5) is 10.2. The Kier molecular flexibility index (Phi) is 9.94. The van der Waals surface area contributed by atoms with Gasteiger partial charge in [-0.25, -0.2) is 9.98 Å². The van der Waals surface area contributed by atoms with Gasteiger partial charge in [-0.05, 0) is 37.8 Å². The Balaban J connectivity index is 0.00000288. The molecule has 0 aliphatic heterocycles. The molecule has 24 heavy (non-hydrogen) atoms. The van der Waals surface area contributed by atoms with Crippen LogP contribution in [-0.2, 0) is 19.4 Å². The van der Waals surface area contributed by atoms with E-state index in [2.05, 4.69) is 65.6 Å². The van der Waals surface area contributed by atoms with E-state index in [0.29, 0.717) is 6.54 Å². The fraction of sp³-hybridized carbons (Fsp3) is 0.444. The number of benzene rings is 1. The highest BCUT2D eigenvalue weighted by Crippen LogP contribution is 2.11. The minimum absolute atomic E-state index is 0. The quantitative estimate of drug-likeness (QED) is 0.376. The highest BCUT2D eigenvalue weighted by Gasteiger charge is 2.01. The van der Waals surface area contributed by atoms with Crippen LogP contribution in [-0.4, -0.2) is 24.0 Å². The molecule has 1 aromatic heterocycles. The topological polar surface area (TPSA) is 49.3 Å². The Morgan fingerprint density at radius 2 is 1.83 bits per heavy atom. The van der Waals surface area contributed by atoms with Gasteiger partial charge in [0.1, 0.15) is 5.01 Å². The lowest BCUT2D eigenvalue weighted by molar-refractivity contribution is 0.798. The lowest BCUT2D eigenvalue weighted by atomic mass is 10.1. The van der Waals surface area contributed by atoms with Gasteiger partial charge in [-0.2, -0.15) is 0 Å². The van der Waals surface area contributed by atoms with Crippen LogP contribution in [0.5, 0.6) is 0 Å². The molecule has 0 aliphatic rings. The van der Waals surface area contributed by atoms with Gasteiger partial charge in [-0.1, -0.05) is 31.2 Å². The zero-order valence-corrected chi connectivity index (χ0v) is 17.8. The van der Waals surface area contributed by atoms with Gasteiger partial charge in [-0.3, -0.25) is 0 Å². The summed E-state index contributed by atoms with van der Waals surface area (Å²) in [5.41, 5.74) is 2.73. The van der Waals surface area contributed by atoms with E-state index in [1.54, 1.807) is 11.3 Å². The molecule has 0 spiro atoms. The second kappa shape index (κ2) is 11.4. The summed E-state index contributed by atoms with van der Waals surface area (Å²) in [6.07, 6.45) is 3.98. The normalized spacial score (nSPS) is 11.0. The first-order valence-corrected chi connectivity index (χ1v) is 9.04. The highest BCUT2D eigenvalue weighted by molar-refractivity contribution is 14.0. The van der Waals surface area contributed by atoms with Crippen LogP contribution in [0, 0.1) is 6.92 Å². The number of aromatic nitrogens is 1. The average Bonchev–Trinajstić information content (AvgIpc) is 2.99. The average molecular weight is 458 g/mol. The molecule has 0 atom stereocenters. The van der Waals surface area contributed by atoms with Gasteiger partial charge in [0, 0.05) is 24.2 Å². The van der Waals surface area contributed by atoms with Crippen molar-refractivity contribution in [1.82, 2.24) is 15.6 Å². The third-order valence-electron chi connectivity index (χ3n) is 3.52. The van der Waals surface area contributed by atoms with Crippen LogP contribution in [0.15, 0.2) is 35.5 Å². The first kappa shape index (κ1) is 20.9. The second-order valence-electron chi connectivity index (χ2n) is 5.41. The Morgan fingerprint density at radius 3 is 2.42 bits per heavy atom. The van der Waals surface area contributed by atoms with Gasteiger partial charge in [0.25, 0.3) is 0 Å². The van der Waals surface area contributed by atoms with E-state index in [4.69, 9.17) is 0 Å². The predicted molar refractivity (Wildman–Crippen MR) is 115 cm³/mol. The third-order valence-corrected chi connectivity index (χ3v) is 4.42. The highest BCUT2D eigenvalue weighted by atomic mass is 127. The lowest BCUT2D eigenvalue weighted by Crippen LogP contribution is -2.38. The molecule has 0 saturated heterocycles. The van der Waals surface area contributed by atoms with Gasteiger partial charge in [0.15, 0.2) is 5.96 Å². The van der Waals surface area contributed by atoms with Crippen LogP contribution in [0.3, 0.4) is 0 Å². The zero-order valence-electron chi connectivity index (χ0n) is 14.6. The molecule has 1 aromatic carbocycles. The number of rotatable bonds is 7. The molecule has 0 saturated carbocycles. The van der Waals surface area contributed by atoms with E-state index < -0.39 is 0 Å². The molecule has 0 unspecified atom stereocenters. The summed E-state index contributed by atoms with van der Waals surface area (Å²) >= 11 is 1.70. The maximum absolute atomic E-state index is 4.60. The van der Waals surface area contributed by atoms with E-state index in [1.165, 1.54) is 16.0 Å². The molecule has 2 aromatic rings. The first-order chi connectivity index (χ1) is 11.2. The first-order valence-electron chi connectivity index (χ1n) is 8.22.